The number of carbonyl (C=O) groups is 1. The average Bonchev–Trinajstić information content (AvgIpc) is 3.63. The summed E-state index contributed by atoms with van der Waals surface area (Å²) in [4.78, 5) is 23.4. The highest BCUT2D eigenvalue weighted by atomic mass is 32.2. The molecule has 194 valence electrons. The van der Waals surface area contributed by atoms with Crippen LogP contribution in [0.25, 0.3) is 0 Å². The van der Waals surface area contributed by atoms with Gasteiger partial charge >= 0.3 is 6.09 Å². The van der Waals surface area contributed by atoms with Gasteiger partial charge in [-0.25, -0.2) is 23.2 Å². The fourth-order valence-corrected chi connectivity index (χ4v) is 6.91. The van der Waals surface area contributed by atoms with Gasteiger partial charge in [-0.3, -0.25) is 0 Å². The average molecular weight is 516 g/mol. The number of nitrogens with zero attached hydrogens (tertiary/aromatic N) is 3. The molecule has 1 saturated carbocycles. The maximum atomic E-state index is 12.6. The van der Waals surface area contributed by atoms with E-state index in [0.717, 1.165) is 44.1 Å². The fourth-order valence-electron chi connectivity index (χ4n) is 5.17. The number of piperidine rings is 1. The van der Waals surface area contributed by atoms with E-state index >= 15 is 0 Å². The van der Waals surface area contributed by atoms with Crippen LogP contribution in [0.15, 0.2) is 29.4 Å². The molecule has 10 heteroatoms. The summed E-state index contributed by atoms with van der Waals surface area (Å²) in [6.45, 7) is 7.39. The number of hydrogen-bond acceptors (Lipinski definition) is 8. The highest BCUT2D eigenvalue weighted by Gasteiger charge is 2.45. The molecule has 0 radical (unpaired) electrons. The van der Waals surface area contributed by atoms with E-state index in [9.17, 15) is 13.2 Å². The van der Waals surface area contributed by atoms with Crippen LogP contribution in [-0.2, 0) is 14.6 Å². The molecule has 2 aromatic rings. The quantitative estimate of drug-likeness (QED) is 0.520. The zero-order valence-corrected chi connectivity index (χ0v) is 22.0. The predicted molar refractivity (Wildman–Crippen MR) is 132 cm³/mol. The third-order valence-corrected chi connectivity index (χ3v) is 9.41. The third-order valence-electron chi connectivity index (χ3n) is 7.15. The van der Waals surface area contributed by atoms with Crippen molar-refractivity contribution in [3.05, 3.63) is 35.7 Å². The summed E-state index contributed by atoms with van der Waals surface area (Å²) in [5, 5.41) is -0.254. The van der Waals surface area contributed by atoms with Gasteiger partial charge in [0.25, 0.3) is 0 Å². The standard InChI is InChI=1S/C26H33N3O6S/c1-15(2)33-26(30)29-18-5-6-19(29)13-20(12-18)34-24-17(4)25(28-14-27-24)35-23-10-9-22(11-16(23)3)36(31,32)21-7-8-21/h9-11,14-15,18-21H,5-8,12-13H2,1-4H3. The SMILES string of the molecule is Cc1cc(S(=O)(=O)C2CC2)ccc1Oc1ncnc(OC2CC3CCC(C2)N3C(=O)OC(C)C)c1C. The zero-order chi connectivity index (χ0) is 25.6. The van der Waals surface area contributed by atoms with Gasteiger partial charge in [0, 0.05) is 24.9 Å². The van der Waals surface area contributed by atoms with E-state index in [-0.39, 0.29) is 35.6 Å². The minimum Gasteiger partial charge on any atom is -0.474 e. The molecule has 3 fully saturated rings. The molecule has 0 spiro atoms. The topological polar surface area (TPSA) is 108 Å². The van der Waals surface area contributed by atoms with Crippen molar-refractivity contribution in [2.24, 2.45) is 0 Å². The molecule has 0 N–H and O–H groups in total. The second-order valence-electron chi connectivity index (χ2n) is 10.3. The van der Waals surface area contributed by atoms with Crippen molar-refractivity contribution in [2.45, 2.75) is 101 Å². The number of carbonyl (C=O) groups excluding carboxylic acids is 1. The normalized spacial score (nSPS) is 23.6. The molecule has 9 nitrogen and oxygen atoms in total. The Balaban J connectivity index is 1.27. The van der Waals surface area contributed by atoms with Gasteiger partial charge in [0.05, 0.1) is 21.8 Å². The van der Waals surface area contributed by atoms with E-state index in [4.69, 9.17) is 14.2 Å². The smallest absolute Gasteiger partial charge is 0.410 e. The van der Waals surface area contributed by atoms with Crippen LogP contribution in [0.3, 0.4) is 0 Å². The Bertz CT molecular complexity index is 1250. The Hall–Kier alpha value is -2.88. The van der Waals surface area contributed by atoms with Crippen molar-refractivity contribution in [3.63, 3.8) is 0 Å². The summed E-state index contributed by atoms with van der Waals surface area (Å²) in [6, 6.07) is 5.13. The molecule has 1 aliphatic carbocycles. The largest absolute Gasteiger partial charge is 0.474 e. The summed E-state index contributed by atoms with van der Waals surface area (Å²) < 4.78 is 42.9. The lowest BCUT2D eigenvalue weighted by atomic mass is 10.0. The van der Waals surface area contributed by atoms with Crippen molar-refractivity contribution in [1.82, 2.24) is 14.9 Å². The lowest BCUT2D eigenvalue weighted by Gasteiger charge is -2.38. The van der Waals surface area contributed by atoms with Gasteiger partial charge in [-0.1, -0.05) is 0 Å². The Morgan fingerprint density at radius 2 is 1.69 bits per heavy atom. The highest BCUT2D eigenvalue weighted by molar-refractivity contribution is 7.92. The van der Waals surface area contributed by atoms with Crippen molar-refractivity contribution in [1.29, 1.82) is 0 Å². The molecule has 2 aliphatic heterocycles. The Morgan fingerprint density at radius 3 is 2.31 bits per heavy atom. The molecule has 5 rings (SSSR count). The molecule has 36 heavy (non-hydrogen) atoms. The number of aryl methyl sites for hydroxylation is 1. The second-order valence-corrected chi connectivity index (χ2v) is 12.5. The lowest BCUT2D eigenvalue weighted by Crippen LogP contribution is -2.50. The zero-order valence-electron chi connectivity index (χ0n) is 21.1. The van der Waals surface area contributed by atoms with Crippen LogP contribution in [-0.4, -0.2) is 58.9 Å². The predicted octanol–water partition coefficient (Wildman–Crippen LogP) is 4.74. The Kier molecular flexibility index (Phi) is 6.57. The number of amides is 1. The van der Waals surface area contributed by atoms with Crippen LogP contribution in [0, 0.1) is 13.8 Å². The Labute approximate surface area is 212 Å². The minimum atomic E-state index is -3.26. The molecule has 3 aliphatic rings. The number of ether oxygens (including phenoxy) is 3. The Morgan fingerprint density at radius 1 is 1.03 bits per heavy atom. The van der Waals surface area contributed by atoms with E-state index in [0.29, 0.717) is 28.0 Å². The minimum absolute atomic E-state index is 0.0688. The molecule has 1 amide bonds. The molecule has 3 heterocycles. The molecular weight excluding hydrogens is 482 g/mol. The van der Waals surface area contributed by atoms with Crippen molar-refractivity contribution >= 4 is 15.9 Å². The molecule has 1 aromatic carbocycles. The first kappa shape index (κ1) is 24.8. The number of aromatic nitrogens is 2. The second kappa shape index (κ2) is 9.53. The maximum absolute atomic E-state index is 12.6. The summed E-state index contributed by atoms with van der Waals surface area (Å²) in [6.07, 6.45) is 5.74. The van der Waals surface area contributed by atoms with Gasteiger partial charge in [0.1, 0.15) is 18.2 Å². The van der Waals surface area contributed by atoms with Crippen LogP contribution in [0.5, 0.6) is 17.5 Å². The lowest BCUT2D eigenvalue weighted by molar-refractivity contribution is 0.0206. The van der Waals surface area contributed by atoms with E-state index in [1.54, 1.807) is 18.2 Å². The van der Waals surface area contributed by atoms with Crippen molar-refractivity contribution < 1.29 is 27.4 Å². The van der Waals surface area contributed by atoms with Gasteiger partial charge in [0.2, 0.25) is 11.8 Å². The van der Waals surface area contributed by atoms with Crippen LogP contribution in [0.1, 0.15) is 63.5 Å². The number of fused-ring (bicyclic) bond motifs is 2. The molecule has 1 aromatic heterocycles. The summed E-state index contributed by atoms with van der Waals surface area (Å²) in [5.41, 5.74) is 1.38. The van der Waals surface area contributed by atoms with E-state index in [2.05, 4.69) is 9.97 Å². The molecule has 2 bridgehead atoms. The number of benzene rings is 1. The van der Waals surface area contributed by atoms with Gasteiger partial charge < -0.3 is 19.1 Å². The van der Waals surface area contributed by atoms with Crippen LogP contribution in [0.2, 0.25) is 0 Å². The first-order valence-corrected chi connectivity index (χ1v) is 14.2. The summed E-state index contributed by atoms with van der Waals surface area (Å²) >= 11 is 0. The summed E-state index contributed by atoms with van der Waals surface area (Å²) in [7, 11) is -3.26. The van der Waals surface area contributed by atoms with Gasteiger partial charge in [-0.15, -0.1) is 0 Å². The first-order valence-electron chi connectivity index (χ1n) is 12.6. The molecular formula is C26H33N3O6S. The van der Waals surface area contributed by atoms with Crippen molar-refractivity contribution in [3.8, 4) is 17.5 Å². The maximum Gasteiger partial charge on any atom is 0.410 e. The molecule has 2 saturated heterocycles. The van der Waals surface area contributed by atoms with Gasteiger partial charge in [-0.05, 0) is 77.1 Å². The van der Waals surface area contributed by atoms with E-state index < -0.39 is 9.84 Å². The molecule has 2 atom stereocenters. The van der Waals surface area contributed by atoms with E-state index in [1.165, 1.54) is 6.33 Å². The number of hydrogen-bond donors (Lipinski definition) is 0. The first-order chi connectivity index (χ1) is 17.1. The third kappa shape index (κ3) is 4.87. The fraction of sp³-hybridized carbons (Fsp3) is 0.577. The molecule has 2 unspecified atom stereocenters. The highest BCUT2D eigenvalue weighted by Crippen LogP contribution is 2.39. The number of sulfone groups is 1. The number of rotatable bonds is 7. The van der Waals surface area contributed by atoms with Crippen LogP contribution < -0.4 is 9.47 Å². The monoisotopic (exact) mass is 515 g/mol. The van der Waals surface area contributed by atoms with E-state index in [1.807, 2.05) is 32.6 Å². The summed E-state index contributed by atoms with van der Waals surface area (Å²) in [5.74, 6) is 1.35. The van der Waals surface area contributed by atoms with Gasteiger partial charge in [-0.2, -0.15) is 0 Å². The van der Waals surface area contributed by atoms with Crippen LogP contribution in [0.4, 0.5) is 4.79 Å². The van der Waals surface area contributed by atoms with Crippen molar-refractivity contribution in [2.75, 3.05) is 0 Å². The van der Waals surface area contributed by atoms with Gasteiger partial charge in [0.15, 0.2) is 9.84 Å². The van der Waals surface area contributed by atoms with Crippen LogP contribution >= 0.6 is 0 Å².